The highest BCUT2D eigenvalue weighted by atomic mass is 19.4. The van der Waals surface area contributed by atoms with E-state index in [2.05, 4.69) is 17.0 Å². The summed E-state index contributed by atoms with van der Waals surface area (Å²) >= 11 is 0. The maximum absolute atomic E-state index is 12.8. The first-order valence-corrected chi connectivity index (χ1v) is 9.99. The Hall–Kier alpha value is -2.34. The second-order valence-corrected chi connectivity index (χ2v) is 7.87. The highest BCUT2D eigenvalue weighted by Gasteiger charge is 2.37. The Balaban J connectivity index is 1.61. The molecule has 6 heteroatoms. The molecule has 1 aliphatic heterocycles. The minimum atomic E-state index is -4.33. The number of methoxy groups -OCH3 is 1. The summed E-state index contributed by atoms with van der Waals surface area (Å²) in [4.78, 5) is 14.0. The zero-order valence-electron chi connectivity index (χ0n) is 16.3. The summed E-state index contributed by atoms with van der Waals surface area (Å²) in [6.45, 7) is 1.61. The molecule has 2 aromatic rings. The first-order chi connectivity index (χ1) is 13.9. The van der Waals surface area contributed by atoms with Gasteiger partial charge in [-0.1, -0.05) is 24.3 Å². The number of ether oxygens (including phenoxy) is 1. The van der Waals surface area contributed by atoms with Crippen LogP contribution in [0.1, 0.15) is 54.3 Å². The Morgan fingerprint density at radius 3 is 2.52 bits per heavy atom. The molecule has 154 valence electrons. The van der Waals surface area contributed by atoms with E-state index in [4.69, 9.17) is 4.74 Å². The van der Waals surface area contributed by atoms with Crippen molar-refractivity contribution >= 4 is 5.97 Å². The van der Waals surface area contributed by atoms with Crippen LogP contribution in [0.4, 0.5) is 13.2 Å². The fourth-order valence-electron chi connectivity index (χ4n) is 4.71. The Morgan fingerprint density at radius 2 is 1.83 bits per heavy atom. The van der Waals surface area contributed by atoms with E-state index in [1.807, 2.05) is 6.07 Å². The maximum atomic E-state index is 12.8. The third-order valence-electron chi connectivity index (χ3n) is 6.21. The van der Waals surface area contributed by atoms with Gasteiger partial charge in [0.1, 0.15) is 0 Å². The van der Waals surface area contributed by atoms with Crippen LogP contribution in [0.3, 0.4) is 0 Å². The molecule has 3 nitrogen and oxygen atoms in total. The van der Waals surface area contributed by atoms with Gasteiger partial charge in [-0.2, -0.15) is 13.2 Å². The summed E-state index contributed by atoms with van der Waals surface area (Å²) in [5, 5.41) is 0. The highest BCUT2D eigenvalue weighted by molar-refractivity contribution is 5.69. The first-order valence-electron chi connectivity index (χ1n) is 9.99. The van der Waals surface area contributed by atoms with Crippen molar-refractivity contribution in [1.29, 1.82) is 0 Å². The molecule has 2 aliphatic rings. The van der Waals surface area contributed by atoms with Gasteiger partial charge in [-0.15, -0.1) is 0 Å². The number of hydrogen-bond donors (Lipinski definition) is 0. The van der Waals surface area contributed by atoms with E-state index in [1.165, 1.54) is 30.4 Å². The molecular weight excluding hydrogens is 379 g/mol. The number of carbonyl (C=O) groups excluding carboxylic acids is 1. The summed E-state index contributed by atoms with van der Waals surface area (Å²) < 4.78 is 43.3. The molecule has 1 saturated heterocycles. The van der Waals surface area contributed by atoms with E-state index < -0.39 is 11.7 Å². The van der Waals surface area contributed by atoms with Crippen LogP contribution in [0.5, 0.6) is 0 Å². The minimum absolute atomic E-state index is 0.206. The van der Waals surface area contributed by atoms with Gasteiger partial charge in [0, 0.05) is 12.6 Å². The predicted octanol–water partition coefficient (Wildman–Crippen LogP) is 5.56. The molecule has 1 aliphatic carbocycles. The number of likely N-dealkylation sites (tertiary alicyclic amines) is 1. The lowest BCUT2D eigenvalue weighted by molar-refractivity contribution is -0.141. The third-order valence-corrected chi connectivity index (χ3v) is 6.21. The molecule has 0 aromatic heterocycles. The van der Waals surface area contributed by atoms with E-state index in [9.17, 15) is 18.0 Å². The van der Waals surface area contributed by atoms with Crippen molar-refractivity contribution in [3.63, 3.8) is 0 Å². The molecule has 29 heavy (non-hydrogen) atoms. The molecule has 0 N–H and O–H groups in total. The van der Waals surface area contributed by atoms with Gasteiger partial charge >= 0.3 is 12.1 Å². The number of rotatable bonds is 4. The van der Waals surface area contributed by atoms with Crippen LogP contribution in [0.2, 0.25) is 0 Å². The van der Waals surface area contributed by atoms with Crippen molar-refractivity contribution in [2.45, 2.75) is 43.8 Å². The molecule has 4 rings (SSSR count). The molecule has 0 spiro atoms. The lowest BCUT2D eigenvalue weighted by atomic mass is 9.93. The van der Waals surface area contributed by atoms with Crippen LogP contribution in [-0.4, -0.2) is 31.1 Å². The van der Waals surface area contributed by atoms with Gasteiger partial charge in [0.15, 0.2) is 0 Å². The molecule has 2 atom stereocenters. The lowest BCUT2D eigenvalue weighted by Crippen LogP contribution is -2.30. The Bertz CT molecular complexity index is 892. The van der Waals surface area contributed by atoms with E-state index >= 15 is 0 Å². The zero-order chi connectivity index (χ0) is 20.6. The zero-order valence-corrected chi connectivity index (χ0v) is 16.3. The molecule has 0 amide bonds. The van der Waals surface area contributed by atoms with Crippen LogP contribution in [0.15, 0.2) is 42.5 Å². The molecule has 1 heterocycles. The number of esters is 1. The van der Waals surface area contributed by atoms with Crippen molar-refractivity contribution in [3.05, 3.63) is 59.2 Å². The number of fused-ring (bicyclic) bond motifs is 5. The number of hydrogen-bond acceptors (Lipinski definition) is 3. The lowest BCUT2D eigenvalue weighted by Gasteiger charge is -2.29. The van der Waals surface area contributed by atoms with E-state index in [0.717, 1.165) is 49.1 Å². The van der Waals surface area contributed by atoms with Crippen LogP contribution >= 0.6 is 0 Å². The van der Waals surface area contributed by atoms with Crippen LogP contribution in [-0.2, 0) is 15.7 Å². The quantitative estimate of drug-likeness (QED) is 0.626. The average Bonchev–Trinajstić information content (AvgIpc) is 2.92. The molecule has 0 radical (unpaired) electrons. The summed E-state index contributed by atoms with van der Waals surface area (Å²) in [5.74, 6) is 0.308. The number of halogens is 3. The monoisotopic (exact) mass is 403 g/mol. The fraction of sp³-hybridized carbons (Fsp3) is 0.435. The minimum Gasteiger partial charge on any atom is -0.469 e. The van der Waals surface area contributed by atoms with Gasteiger partial charge in [-0.05, 0) is 72.2 Å². The van der Waals surface area contributed by atoms with Crippen molar-refractivity contribution < 1.29 is 22.7 Å². The second kappa shape index (κ2) is 7.82. The standard InChI is InChI=1S/C23H24F3NO2/c1-29-22(28)10-12-27-11-2-3-17-14-21(27)20-13-16(6-9-19(17)20)15-4-7-18(8-5-15)23(24,25)26/h4-9,13,17,21H,2-3,10-12,14H2,1H3. The van der Waals surface area contributed by atoms with E-state index in [-0.39, 0.29) is 12.0 Å². The summed E-state index contributed by atoms with van der Waals surface area (Å²) in [6.07, 6.45) is -0.704. The average molecular weight is 403 g/mol. The van der Waals surface area contributed by atoms with Gasteiger partial charge in [0.25, 0.3) is 0 Å². The molecule has 2 unspecified atom stereocenters. The van der Waals surface area contributed by atoms with Crippen LogP contribution in [0, 0.1) is 0 Å². The van der Waals surface area contributed by atoms with E-state index in [1.54, 1.807) is 0 Å². The second-order valence-electron chi connectivity index (χ2n) is 7.87. The van der Waals surface area contributed by atoms with Gasteiger partial charge in [0.2, 0.25) is 0 Å². The summed E-state index contributed by atoms with van der Waals surface area (Å²) in [7, 11) is 1.40. The van der Waals surface area contributed by atoms with Gasteiger partial charge in [0.05, 0.1) is 19.1 Å². The van der Waals surface area contributed by atoms with Crippen LogP contribution < -0.4 is 0 Å². The molecule has 2 bridgehead atoms. The van der Waals surface area contributed by atoms with Gasteiger partial charge in [-0.3, -0.25) is 9.69 Å². The largest absolute Gasteiger partial charge is 0.469 e. The first kappa shape index (κ1) is 20.0. The van der Waals surface area contributed by atoms with Gasteiger partial charge in [-0.25, -0.2) is 0 Å². The molecular formula is C23H24F3NO2. The summed E-state index contributed by atoms with van der Waals surface area (Å²) in [5.41, 5.74) is 3.66. The molecule has 0 saturated carbocycles. The number of carbonyl (C=O) groups is 1. The smallest absolute Gasteiger partial charge is 0.416 e. The number of benzene rings is 2. The van der Waals surface area contributed by atoms with E-state index in [0.29, 0.717) is 18.9 Å². The van der Waals surface area contributed by atoms with Crippen LogP contribution in [0.25, 0.3) is 11.1 Å². The SMILES string of the molecule is COC(=O)CCN1CCCC2CC1c1cc(-c3ccc(C(F)(F)F)cc3)ccc12. The molecule has 1 fully saturated rings. The Labute approximate surface area is 168 Å². The van der Waals surface area contributed by atoms with Gasteiger partial charge < -0.3 is 4.74 Å². The fourth-order valence-corrected chi connectivity index (χ4v) is 4.71. The van der Waals surface area contributed by atoms with Crippen molar-refractivity contribution in [2.24, 2.45) is 0 Å². The Morgan fingerprint density at radius 1 is 1.10 bits per heavy atom. The van der Waals surface area contributed by atoms with Crippen molar-refractivity contribution in [3.8, 4) is 11.1 Å². The van der Waals surface area contributed by atoms with Crippen molar-refractivity contribution in [2.75, 3.05) is 20.2 Å². The normalized spacial score (nSPS) is 21.5. The highest BCUT2D eigenvalue weighted by Crippen LogP contribution is 2.49. The topological polar surface area (TPSA) is 29.5 Å². The maximum Gasteiger partial charge on any atom is 0.416 e. The third kappa shape index (κ3) is 4.04. The summed E-state index contributed by atoms with van der Waals surface area (Å²) in [6, 6.07) is 11.9. The predicted molar refractivity (Wildman–Crippen MR) is 104 cm³/mol. The number of alkyl halides is 3. The van der Waals surface area contributed by atoms with Crippen molar-refractivity contribution in [1.82, 2.24) is 4.90 Å². The Kier molecular flexibility index (Phi) is 5.38. The molecule has 2 aromatic carbocycles. The number of nitrogens with zero attached hydrogens (tertiary/aromatic N) is 1.